The summed E-state index contributed by atoms with van der Waals surface area (Å²) >= 11 is 3.22. The number of halogens is 2. The Morgan fingerprint density at radius 1 is 1.14 bits per heavy atom. The SMILES string of the molecule is CC(C(C)(C)NC(=O)O)S(=O)(=O)c1ccc(C(=O)c2ccc(F)cc2)c(Br)c1. The van der Waals surface area contributed by atoms with Crippen molar-refractivity contribution in [3.05, 3.63) is 63.9 Å². The number of sulfone groups is 1. The molecule has 2 rings (SSSR count). The highest BCUT2D eigenvalue weighted by Crippen LogP contribution is 2.29. The van der Waals surface area contributed by atoms with Gasteiger partial charge in [0.25, 0.3) is 0 Å². The Morgan fingerprint density at radius 2 is 1.71 bits per heavy atom. The van der Waals surface area contributed by atoms with Gasteiger partial charge in [-0.2, -0.15) is 0 Å². The second-order valence-corrected chi connectivity index (χ2v) is 9.94. The van der Waals surface area contributed by atoms with Gasteiger partial charge in [-0.25, -0.2) is 17.6 Å². The first-order chi connectivity index (χ1) is 12.9. The maximum Gasteiger partial charge on any atom is 0.405 e. The highest BCUT2D eigenvalue weighted by atomic mass is 79.9. The van der Waals surface area contributed by atoms with Crippen LogP contribution in [-0.2, 0) is 9.84 Å². The van der Waals surface area contributed by atoms with Crippen molar-refractivity contribution in [2.75, 3.05) is 0 Å². The normalized spacial score (nSPS) is 13.0. The first-order valence-corrected chi connectivity index (χ1v) is 10.5. The molecule has 1 unspecified atom stereocenters. The van der Waals surface area contributed by atoms with E-state index in [1.54, 1.807) is 0 Å². The Bertz CT molecular complexity index is 1020. The number of rotatable bonds is 6. The van der Waals surface area contributed by atoms with Crippen molar-refractivity contribution in [3.8, 4) is 0 Å². The fourth-order valence-corrected chi connectivity index (χ4v) is 5.08. The lowest BCUT2D eigenvalue weighted by Gasteiger charge is -2.31. The number of carboxylic acid groups (broad SMARTS) is 1. The minimum atomic E-state index is -3.89. The Balaban J connectivity index is 2.38. The van der Waals surface area contributed by atoms with Gasteiger partial charge >= 0.3 is 6.09 Å². The summed E-state index contributed by atoms with van der Waals surface area (Å²) < 4.78 is 39.1. The molecule has 0 saturated heterocycles. The van der Waals surface area contributed by atoms with Gasteiger partial charge in [0, 0.05) is 15.6 Å². The van der Waals surface area contributed by atoms with Crippen LogP contribution in [-0.4, -0.2) is 36.2 Å². The number of carbonyl (C=O) groups is 2. The van der Waals surface area contributed by atoms with E-state index in [-0.39, 0.29) is 20.5 Å². The van der Waals surface area contributed by atoms with Crippen LogP contribution >= 0.6 is 15.9 Å². The number of hydrogen-bond acceptors (Lipinski definition) is 4. The molecule has 0 spiro atoms. The predicted octanol–water partition coefficient (Wildman–Crippen LogP) is 4.03. The third kappa shape index (κ3) is 4.59. The Kier molecular flexibility index (Phi) is 6.30. The van der Waals surface area contributed by atoms with Crippen LogP contribution in [0.5, 0.6) is 0 Å². The number of hydrogen-bond donors (Lipinski definition) is 2. The van der Waals surface area contributed by atoms with Crippen LogP contribution in [0.15, 0.2) is 51.8 Å². The fraction of sp³-hybridized carbons (Fsp3) is 0.263. The van der Waals surface area contributed by atoms with Crippen LogP contribution < -0.4 is 5.32 Å². The van der Waals surface area contributed by atoms with E-state index in [0.29, 0.717) is 0 Å². The molecule has 0 fully saturated rings. The van der Waals surface area contributed by atoms with Crippen LogP contribution in [0, 0.1) is 5.82 Å². The van der Waals surface area contributed by atoms with Gasteiger partial charge in [-0.1, -0.05) is 0 Å². The lowest BCUT2D eigenvalue weighted by molar-refractivity contribution is 0.103. The van der Waals surface area contributed by atoms with E-state index < -0.39 is 38.3 Å². The zero-order valence-electron chi connectivity index (χ0n) is 15.4. The van der Waals surface area contributed by atoms with Crippen LogP contribution in [0.1, 0.15) is 36.7 Å². The highest BCUT2D eigenvalue weighted by Gasteiger charge is 2.38. The maximum atomic E-state index is 13.0. The predicted molar refractivity (Wildman–Crippen MR) is 106 cm³/mol. The maximum absolute atomic E-state index is 13.0. The van der Waals surface area contributed by atoms with Gasteiger partial charge in [-0.05, 0) is 79.2 Å². The average molecular weight is 472 g/mol. The average Bonchev–Trinajstić information content (AvgIpc) is 2.60. The largest absolute Gasteiger partial charge is 0.465 e. The second-order valence-electron chi connectivity index (χ2n) is 6.82. The van der Waals surface area contributed by atoms with E-state index in [1.807, 2.05) is 0 Å². The molecule has 2 aromatic carbocycles. The zero-order chi connectivity index (χ0) is 21.3. The van der Waals surface area contributed by atoms with Crippen molar-refractivity contribution in [1.29, 1.82) is 0 Å². The van der Waals surface area contributed by atoms with Gasteiger partial charge in [0.2, 0.25) is 0 Å². The van der Waals surface area contributed by atoms with Crippen molar-refractivity contribution in [2.24, 2.45) is 0 Å². The summed E-state index contributed by atoms with van der Waals surface area (Å²) in [7, 11) is -3.89. The smallest absolute Gasteiger partial charge is 0.405 e. The molecule has 1 atom stereocenters. The number of amides is 1. The molecule has 0 saturated carbocycles. The molecule has 0 heterocycles. The van der Waals surface area contributed by atoms with Crippen molar-refractivity contribution >= 4 is 37.6 Å². The molecule has 1 amide bonds. The molecule has 0 aliphatic rings. The Hall–Kier alpha value is -2.26. The molecule has 6 nitrogen and oxygen atoms in total. The minimum Gasteiger partial charge on any atom is -0.465 e. The lowest BCUT2D eigenvalue weighted by atomic mass is 10.0. The molecule has 0 aliphatic heterocycles. The number of ketones is 1. The summed E-state index contributed by atoms with van der Waals surface area (Å²) in [4.78, 5) is 23.5. The topological polar surface area (TPSA) is 101 Å². The van der Waals surface area contributed by atoms with Crippen LogP contribution in [0.4, 0.5) is 9.18 Å². The van der Waals surface area contributed by atoms with E-state index in [0.717, 1.165) is 0 Å². The summed E-state index contributed by atoms with van der Waals surface area (Å²) in [6, 6.07) is 8.99. The van der Waals surface area contributed by atoms with E-state index in [2.05, 4.69) is 21.2 Å². The summed E-state index contributed by atoms with van der Waals surface area (Å²) in [5, 5.41) is 10.1. The van der Waals surface area contributed by atoms with Gasteiger partial charge in [-0.3, -0.25) is 4.79 Å². The molecule has 0 aliphatic carbocycles. The van der Waals surface area contributed by atoms with Gasteiger partial charge in [-0.15, -0.1) is 0 Å². The van der Waals surface area contributed by atoms with Crippen molar-refractivity contribution in [3.63, 3.8) is 0 Å². The first-order valence-electron chi connectivity index (χ1n) is 8.21. The molecular formula is C19H19BrFNO5S. The van der Waals surface area contributed by atoms with Gasteiger partial charge in [0.1, 0.15) is 5.82 Å². The minimum absolute atomic E-state index is 0.0530. The van der Waals surface area contributed by atoms with Crippen LogP contribution in [0.3, 0.4) is 0 Å². The molecule has 0 radical (unpaired) electrons. The third-order valence-electron chi connectivity index (χ3n) is 4.53. The fourth-order valence-electron chi connectivity index (χ4n) is 2.58. The Morgan fingerprint density at radius 3 is 2.21 bits per heavy atom. The van der Waals surface area contributed by atoms with Crippen LogP contribution in [0.25, 0.3) is 0 Å². The standard InChI is InChI=1S/C19H19BrFNO5S/c1-11(19(2,3)22-18(24)25)28(26,27)14-8-9-15(16(20)10-14)17(23)12-4-6-13(21)7-5-12/h4-11,22H,1-3H3,(H,24,25). The highest BCUT2D eigenvalue weighted by molar-refractivity contribution is 9.10. The number of benzene rings is 2. The Labute approximate surface area is 170 Å². The molecule has 28 heavy (non-hydrogen) atoms. The van der Waals surface area contributed by atoms with E-state index in [4.69, 9.17) is 5.11 Å². The van der Waals surface area contributed by atoms with Crippen molar-refractivity contribution in [1.82, 2.24) is 5.32 Å². The monoisotopic (exact) mass is 471 g/mol. The summed E-state index contributed by atoms with van der Waals surface area (Å²) in [5.74, 6) is -0.861. The van der Waals surface area contributed by atoms with Crippen molar-refractivity contribution in [2.45, 2.75) is 36.5 Å². The second kappa shape index (κ2) is 8.00. The lowest BCUT2D eigenvalue weighted by Crippen LogP contribution is -2.53. The van der Waals surface area contributed by atoms with Gasteiger partial charge in [0.15, 0.2) is 15.6 Å². The molecule has 2 N–H and O–H groups in total. The first kappa shape index (κ1) is 22.0. The van der Waals surface area contributed by atoms with E-state index in [1.165, 1.54) is 63.2 Å². The van der Waals surface area contributed by atoms with E-state index >= 15 is 0 Å². The summed E-state index contributed by atoms with van der Waals surface area (Å²) in [5.41, 5.74) is -0.751. The van der Waals surface area contributed by atoms with Crippen molar-refractivity contribution < 1.29 is 27.5 Å². The summed E-state index contributed by atoms with van der Waals surface area (Å²) in [6.45, 7) is 4.37. The number of nitrogens with one attached hydrogen (secondary N) is 1. The molecule has 0 bridgehead atoms. The zero-order valence-corrected chi connectivity index (χ0v) is 17.8. The molecule has 0 aromatic heterocycles. The van der Waals surface area contributed by atoms with Crippen LogP contribution in [0.2, 0.25) is 0 Å². The summed E-state index contributed by atoms with van der Waals surface area (Å²) in [6.07, 6.45) is -1.33. The van der Waals surface area contributed by atoms with Gasteiger partial charge in [0.05, 0.1) is 15.7 Å². The third-order valence-corrected chi connectivity index (χ3v) is 7.62. The molecule has 150 valence electrons. The quantitative estimate of drug-likeness (QED) is 0.619. The number of carbonyl (C=O) groups excluding carboxylic acids is 1. The van der Waals surface area contributed by atoms with E-state index in [9.17, 15) is 22.4 Å². The van der Waals surface area contributed by atoms with Gasteiger partial charge < -0.3 is 10.4 Å². The molecule has 2 aromatic rings. The molecular weight excluding hydrogens is 453 g/mol. The molecule has 9 heteroatoms.